The third-order valence-electron chi connectivity index (χ3n) is 26.1. The summed E-state index contributed by atoms with van der Waals surface area (Å²) < 4.78 is 84.7. The van der Waals surface area contributed by atoms with Crippen molar-refractivity contribution in [3.8, 4) is 0 Å². The van der Waals surface area contributed by atoms with Crippen molar-refractivity contribution >= 4 is 59.6 Å². The molecule has 0 radical (unpaired) electrons. The number of Topliss-reactive ketones (excluding diaryl/α,β-unsaturated/α-hetero) is 2. The van der Waals surface area contributed by atoms with Gasteiger partial charge in [-0.2, -0.15) is 0 Å². The number of methoxy groups -OCH3 is 4. The number of aliphatic hydroxyl groups excluding tert-OH is 2. The van der Waals surface area contributed by atoms with Crippen molar-refractivity contribution in [2.75, 3.05) is 41.7 Å². The summed E-state index contributed by atoms with van der Waals surface area (Å²) in [5, 5.41) is 56.0. The molecule has 0 unspecified atom stereocenters. The SMILES string of the molecule is CO[C@H]1C(=O)[C@]2(C)[C@@H](OC)C[C@H]3OC[C@@]3(OC(C)=O)[C@H]2[C@H](OC(=O)c2ccccc2)[C@]2(O)C[C@H](OC(=O)[C@H](O)[C@@H](NC(=O)OC(C)(C)C)c3ccccc3)C(C)=C1C2(C)C.CO[C@H]1C(=O)[C@]2(C)[C@@H](OC)C[C@H]3OC[C@@]3(OC(C)=O)[C@H]2[C@H](OC(=O)c2ccccc2)[C@]2(O)C[C@H](OC(=O)[C@H](O)[C@@H](NC(=O)OC(C)(C)C)c3ccccc3)C(C)=C1C2(C)C. The van der Waals surface area contributed by atoms with E-state index < -0.39 is 225 Å². The highest BCUT2D eigenvalue weighted by Gasteiger charge is 2.81. The quantitative estimate of drug-likeness (QED) is 0.0273. The van der Waals surface area contributed by atoms with Crippen LogP contribution < -0.4 is 10.6 Å². The zero-order valence-electron chi connectivity index (χ0n) is 71.6. The Labute approximate surface area is 698 Å². The molecular formula is C90H114N2O28. The van der Waals surface area contributed by atoms with E-state index in [1.807, 2.05) is 0 Å². The third kappa shape index (κ3) is 16.2. The molecule has 2 heterocycles. The number of nitrogens with one attached hydrogen (secondary N) is 2. The molecule has 0 spiro atoms. The zero-order chi connectivity index (χ0) is 88.3. The minimum atomic E-state index is -2.22. The minimum absolute atomic E-state index is 0.121. The molecule has 22 atom stereocenters. The Hall–Kier alpha value is -9.34. The van der Waals surface area contributed by atoms with Crippen LogP contribution in [0.25, 0.3) is 0 Å². The summed E-state index contributed by atoms with van der Waals surface area (Å²) in [6.45, 7) is 25.4. The van der Waals surface area contributed by atoms with Gasteiger partial charge in [0.2, 0.25) is 0 Å². The van der Waals surface area contributed by atoms with Crippen molar-refractivity contribution in [2.45, 2.75) is 255 Å². The Morgan fingerprint density at radius 2 is 0.775 bits per heavy atom. The summed E-state index contributed by atoms with van der Waals surface area (Å²) in [5.41, 5.74) is -13.4. The van der Waals surface area contributed by atoms with Crippen LogP contribution in [0.4, 0.5) is 9.59 Å². The van der Waals surface area contributed by atoms with Crippen molar-refractivity contribution in [3.63, 3.8) is 0 Å². The maximum atomic E-state index is 15.5. The fourth-order valence-corrected chi connectivity index (χ4v) is 20.1. The number of esters is 6. The smallest absolute Gasteiger partial charge is 0.408 e. The van der Waals surface area contributed by atoms with Crippen molar-refractivity contribution in [1.82, 2.24) is 10.6 Å². The number of amides is 2. The number of rotatable bonds is 20. The van der Waals surface area contributed by atoms with Crippen LogP contribution in [0.3, 0.4) is 0 Å². The number of hydrogen-bond donors (Lipinski definition) is 6. The van der Waals surface area contributed by atoms with E-state index in [4.69, 9.17) is 66.3 Å². The molecule has 6 aliphatic carbocycles. The van der Waals surface area contributed by atoms with E-state index in [1.165, 1.54) is 42.3 Å². The topological polar surface area (TPSA) is 405 Å². The van der Waals surface area contributed by atoms with Gasteiger partial charge in [0.05, 0.1) is 71.3 Å². The van der Waals surface area contributed by atoms with E-state index in [0.717, 1.165) is 0 Å². The van der Waals surface area contributed by atoms with Gasteiger partial charge < -0.3 is 97.4 Å². The van der Waals surface area contributed by atoms with Gasteiger partial charge in [-0.25, -0.2) is 28.8 Å². The second-order valence-corrected chi connectivity index (χ2v) is 36.0. The molecule has 8 aliphatic rings. The largest absolute Gasteiger partial charge is 0.456 e. The lowest BCUT2D eigenvalue weighted by molar-refractivity contribution is -0.347. The Morgan fingerprint density at radius 3 is 1.04 bits per heavy atom. The first-order valence-corrected chi connectivity index (χ1v) is 40.2. The van der Waals surface area contributed by atoms with Gasteiger partial charge in [0.1, 0.15) is 71.2 Å². The van der Waals surface area contributed by atoms with Crippen LogP contribution >= 0.6 is 0 Å². The highest BCUT2D eigenvalue weighted by atomic mass is 16.7. The van der Waals surface area contributed by atoms with E-state index in [1.54, 1.807) is 218 Å². The molecule has 2 amide bonds. The number of aliphatic hydroxyl groups is 4. The van der Waals surface area contributed by atoms with E-state index in [2.05, 4.69) is 10.6 Å². The number of fused-ring (bicyclic) bond motifs is 10. The monoisotopic (exact) mass is 1670 g/mol. The zero-order valence-corrected chi connectivity index (χ0v) is 71.6. The van der Waals surface area contributed by atoms with Crippen LogP contribution in [0.2, 0.25) is 0 Å². The van der Waals surface area contributed by atoms with Crippen molar-refractivity contribution in [2.24, 2.45) is 33.5 Å². The molecule has 4 aromatic carbocycles. The van der Waals surface area contributed by atoms with Crippen LogP contribution in [0.15, 0.2) is 144 Å². The fraction of sp³-hybridized carbons (Fsp3) is 0.578. The van der Waals surface area contributed by atoms with Gasteiger partial charge in [-0.1, -0.05) is 125 Å². The molecule has 6 fully saturated rings. The lowest BCUT2D eigenvalue weighted by Gasteiger charge is -2.67. The van der Waals surface area contributed by atoms with Crippen LogP contribution in [-0.4, -0.2) is 229 Å². The molecule has 4 saturated carbocycles. The van der Waals surface area contributed by atoms with E-state index in [9.17, 15) is 58.8 Å². The lowest BCUT2D eigenvalue weighted by Crippen LogP contribution is -2.82. The van der Waals surface area contributed by atoms with Gasteiger partial charge in [-0.05, 0) is 127 Å². The first-order chi connectivity index (χ1) is 56.1. The standard InChI is InChI=1S/2C45H57NO14/c2*1-24-28(57-39(51)33(48)32(26-17-13-11-14-18-26)46-40(52)60-41(3,4)5)22-45(53)37(58-38(50)27-19-15-12-16-20-27)35-43(8,36(49)34(55-10)31(24)42(45,6)7)29(54-9)21-30-44(35,23-56-30)59-25(2)47/h2*11-20,28-30,32-35,37,48,53H,21-23H2,1-10H3,(H,46,52)/t2*28-,29-,30+,32-,33+,34+,35-,37-,43+,44-,45+/m00/s1. The summed E-state index contributed by atoms with van der Waals surface area (Å²) in [6.07, 6.45) is -18.6. The average molecular weight is 1670 g/mol. The fourth-order valence-electron chi connectivity index (χ4n) is 20.1. The maximum absolute atomic E-state index is 15.5. The van der Waals surface area contributed by atoms with Crippen molar-refractivity contribution in [3.05, 3.63) is 166 Å². The number of alkyl carbamates (subject to hydrolysis) is 2. The van der Waals surface area contributed by atoms with E-state index >= 15 is 9.59 Å². The Bertz CT molecular complexity index is 4310. The second kappa shape index (κ2) is 34.2. The predicted octanol–water partition coefficient (Wildman–Crippen LogP) is 9.14. The molecule has 6 N–H and O–H groups in total. The number of hydrogen-bond acceptors (Lipinski definition) is 28. The van der Waals surface area contributed by atoms with Gasteiger partial charge in [0.15, 0.2) is 35.0 Å². The van der Waals surface area contributed by atoms with Crippen LogP contribution in [-0.2, 0) is 95.1 Å². The van der Waals surface area contributed by atoms with Crippen molar-refractivity contribution < 1.29 is 135 Å². The minimum Gasteiger partial charge on any atom is -0.456 e. The first-order valence-electron chi connectivity index (χ1n) is 40.2. The summed E-state index contributed by atoms with van der Waals surface area (Å²) in [6, 6.07) is 30.1. The average Bonchev–Trinajstić information content (AvgIpc) is 0.671. The molecule has 30 heteroatoms. The van der Waals surface area contributed by atoms with Gasteiger partial charge in [-0.15, -0.1) is 0 Å². The molecule has 120 heavy (non-hydrogen) atoms. The number of ether oxygens (including phenoxy) is 14. The first kappa shape index (κ1) is 91.4. The molecule has 4 bridgehead atoms. The molecule has 4 aromatic rings. The molecule has 2 saturated heterocycles. The predicted molar refractivity (Wildman–Crippen MR) is 426 cm³/mol. The van der Waals surface area contributed by atoms with Gasteiger partial charge in [0, 0.05) is 78.8 Å². The molecular weight excluding hydrogens is 1560 g/mol. The van der Waals surface area contributed by atoms with E-state index in [-0.39, 0.29) is 48.3 Å². The number of benzene rings is 4. The Kier molecular flexibility index (Phi) is 26.0. The highest BCUT2D eigenvalue weighted by Crippen LogP contribution is 2.67. The number of carbonyl (C=O) groups excluding carboxylic acids is 10. The normalized spacial score (nSPS) is 33.0. The molecule has 2 aliphatic heterocycles. The summed E-state index contributed by atoms with van der Waals surface area (Å²) in [4.78, 5) is 140. The molecule has 0 aromatic heterocycles. The molecule has 30 nitrogen and oxygen atoms in total. The summed E-state index contributed by atoms with van der Waals surface area (Å²) in [5.74, 6) is -9.05. The van der Waals surface area contributed by atoms with Gasteiger partial charge in [0.25, 0.3) is 0 Å². The number of ketones is 2. The van der Waals surface area contributed by atoms with Gasteiger partial charge >= 0.3 is 48.0 Å². The molecule has 12 rings (SSSR count). The van der Waals surface area contributed by atoms with Crippen molar-refractivity contribution in [1.29, 1.82) is 0 Å². The lowest BCUT2D eigenvalue weighted by atomic mass is 9.44. The molecule has 652 valence electrons. The summed E-state index contributed by atoms with van der Waals surface area (Å²) in [7, 11) is 5.57. The number of carbonyl (C=O) groups is 10. The summed E-state index contributed by atoms with van der Waals surface area (Å²) >= 11 is 0. The Morgan fingerprint density at radius 1 is 0.467 bits per heavy atom. The third-order valence-corrected chi connectivity index (χ3v) is 26.1. The van der Waals surface area contributed by atoms with E-state index in [0.29, 0.717) is 22.3 Å². The van der Waals surface area contributed by atoms with Crippen LogP contribution in [0.5, 0.6) is 0 Å². The Balaban J connectivity index is 0.000000235. The van der Waals surface area contributed by atoms with Crippen LogP contribution in [0, 0.1) is 33.5 Å². The van der Waals surface area contributed by atoms with Crippen LogP contribution in [0.1, 0.15) is 180 Å². The van der Waals surface area contributed by atoms with Gasteiger partial charge in [-0.3, -0.25) is 19.2 Å². The second-order valence-electron chi connectivity index (χ2n) is 36.0. The highest BCUT2D eigenvalue weighted by molar-refractivity contribution is 5.96. The maximum Gasteiger partial charge on any atom is 0.408 e.